The van der Waals surface area contributed by atoms with Gasteiger partial charge in [0.25, 0.3) is 0 Å². The van der Waals surface area contributed by atoms with Crippen molar-refractivity contribution in [2.75, 3.05) is 0 Å². The number of nitrogens with two attached hydrogens (primary N) is 1. The number of nitrogens with zero attached hydrogens (tertiary/aromatic N) is 3. The summed E-state index contributed by atoms with van der Waals surface area (Å²) < 4.78 is 14.8. The van der Waals surface area contributed by atoms with Crippen LogP contribution >= 0.6 is 0 Å². The number of hydrogen-bond acceptors (Lipinski definition) is 3. The summed E-state index contributed by atoms with van der Waals surface area (Å²) in [5.74, 6) is -0.270. The molecule has 2 N–H and O–H groups in total. The summed E-state index contributed by atoms with van der Waals surface area (Å²) >= 11 is 0. The Morgan fingerprint density at radius 3 is 2.36 bits per heavy atom. The molecule has 0 amide bonds. The van der Waals surface area contributed by atoms with Crippen LogP contribution in [0.1, 0.15) is 17.0 Å². The molecule has 0 spiro atoms. The Labute approximate surface area is 128 Å². The van der Waals surface area contributed by atoms with Crippen molar-refractivity contribution < 1.29 is 4.39 Å². The third-order valence-corrected chi connectivity index (χ3v) is 3.60. The molecule has 0 aliphatic carbocycles. The number of halogens is 1. The Morgan fingerprint density at radius 2 is 1.68 bits per heavy atom. The summed E-state index contributed by atoms with van der Waals surface area (Å²) in [6.07, 6.45) is 1.66. The van der Waals surface area contributed by atoms with Crippen molar-refractivity contribution in [2.24, 2.45) is 5.73 Å². The summed E-state index contributed by atoms with van der Waals surface area (Å²) in [5.41, 5.74) is 9.54. The molecule has 1 aromatic heterocycles. The minimum Gasteiger partial charge on any atom is -0.325 e. The lowest BCUT2D eigenvalue weighted by atomic mass is 10.1. The third kappa shape index (κ3) is 3.04. The molecule has 0 saturated heterocycles. The third-order valence-electron chi connectivity index (χ3n) is 3.60. The molecule has 0 radical (unpaired) electrons. The minimum atomic E-state index is -0.270. The average molecular weight is 296 g/mol. The summed E-state index contributed by atoms with van der Waals surface area (Å²) in [7, 11) is 0. The Hall–Kier alpha value is -2.53. The highest BCUT2D eigenvalue weighted by Crippen LogP contribution is 2.16. The molecular formula is C17H17FN4. The zero-order valence-corrected chi connectivity index (χ0v) is 12.1. The van der Waals surface area contributed by atoms with Crippen LogP contribution in [0.4, 0.5) is 4.39 Å². The zero-order valence-electron chi connectivity index (χ0n) is 12.1. The molecule has 3 rings (SSSR count). The van der Waals surface area contributed by atoms with E-state index in [1.807, 2.05) is 18.2 Å². The van der Waals surface area contributed by atoms with E-state index in [1.54, 1.807) is 16.8 Å². The molecule has 22 heavy (non-hydrogen) atoms. The van der Waals surface area contributed by atoms with E-state index in [9.17, 15) is 4.39 Å². The second-order valence-corrected chi connectivity index (χ2v) is 5.06. The van der Waals surface area contributed by atoms with E-state index in [2.05, 4.69) is 22.4 Å². The van der Waals surface area contributed by atoms with E-state index in [0.29, 0.717) is 6.54 Å². The minimum absolute atomic E-state index is 0.270. The molecule has 0 fully saturated rings. The van der Waals surface area contributed by atoms with Gasteiger partial charge < -0.3 is 5.73 Å². The van der Waals surface area contributed by atoms with Crippen molar-refractivity contribution in [1.29, 1.82) is 0 Å². The maximum atomic E-state index is 13.1. The van der Waals surface area contributed by atoms with E-state index in [-0.39, 0.29) is 5.82 Å². The summed E-state index contributed by atoms with van der Waals surface area (Å²) in [6.45, 7) is 0.339. The van der Waals surface area contributed by atoms with E-state index >= 15 is 0 Å². The number of rotatable bonds is 5. The van der Waals surface area contributed by atoms with Crippen LogP contribution in [0.2, 0.25) is 0 Å². The zero-order chi connectivity index (χ0) is 15.4. The monoisotopic (exact) mass is 296 g/mol. The molecule has 4 nitrogen and oxygen atoms in total. The fraction of sp³-hybridized carbons (Fsp3) is 0.176. The normalized spacial score (nSPS) is 10.8. The average Bonchev–Trinajstić information content (AvgIpc) is 2.97. The largest absolute Gasteiger partial charge is 0.325 e. The van der Waals surface area contributed by atoms with Crippen LogP contribution in [0.5, 0.6) is 0 Å². The molecule has 0 atom stereocenters. The highest BCUT2D eigenvalue weighted by molar-refractivity contribution is 5.34. The molecule has 5 heteroatoms. The smallest absolute Gasteiger partial charge is 0.123 e. The molecule has 0 unspecified atom stereocenters. The molecule has 3 aromatic rings. The number of benzene rings is 2. The summed E-state index contributed by atoms with van der Waals surface area (Å²) in [5, 5.41) is 8.30. The second kappa shape index (κ2) is 6.49. The lowest BCUT2D eigenvalue weighted by Crippen LogP contribution is -2.07. The van der Waals surface area contributed by atoms with Crippen LogP contribution in [-0.2, 0) is 19.4 Å². The van der Waals surface area contributed by atoms with Gasteiger partial charge in [0.1, 0.15) is 5.82 Å². The lowest BCUT2D eigenvalue weighted by Gasteiger charge is -2.08. The van der Waals surface area contributed by atoms with Crippen molar-refractivity contribution in [2.45, 2.75) is 19.4 Å². The van der Waals surface area contributed by atoms with Gasteiger partial charge in [0.2, 0.25) is 0 Å². The standard InChI is InChI=1S/C17H17FN4/c18-14-7-9-15(10-8-14)22-17(16(12-19)20-21-22)11-6-13-4-2-1-3-5-13/h1-5,7-10H,6,11-12,19H2. The van der Waals surface area contributed by atoms with Crippen LogP contribution in [0, 0.1) is 5.82 Å². The Bertz CT molecular complexity index is 735. The van der Waals surface area contributed by atoms with Gasteiger partial charge in [0.15, 0.2) is 0 Å². The fourth-order valence-corrected chi connectivity index (χ4v) is 2.44. The van der Waals surface area contributed by atoms with Crippen LogP contribution in [-0.4, -0.2) is 15.0 Å². The maximum Gasteiger partial charge on any atom is 0.123 e. The van der Waals surface area contributed by atoms with E-state index < -0.39 is 0 Å². The summed E-state index contributed by atoms with van der Waals surface area (Å²) in [4.78, 5) is 0. The van der Waals surface area contributed by atoms with E-state index in [1.165, 1.54) is 17.7 Å². The van der Waals surface area contributed by atoms with Gasteiger partial charge in [-0.15, -0.1) is 5.10 Å². The molecule has 0 saturated carbocycles. The Morgan fingerprint density at radius 1 is 0.955 bits per heavy atom. The van der Waals surface area contributed by atoms with Gasteiger partial charge >= 0.3 is 0 Å². The van der Waals surface area contributed by atoms with Crippen LogP contribution in [0.25, 0.3) is 5.69 Å². The van der Waals surface area contributed by atoms with Crippen molar-refractivity contribution >= 4 is 0 Å². The van der Waals surface area contributed by atoms with Crippen molar-refractivity contribution in [1.82, 2.24) is 15.0 Å². The molecule has 0 bridgehead atoms. The first kappa shape index (κ1) is 14.4. The number of aromatic nitrogens is 3. The van der Waals surface area contributed by atoms with Gasteiger partial charge in [-0.3, -0.25) is 0 Å². The van der Waals surface area contributed by atoms with Gasteiger partial charge in [-0.25, -0.2) is 9.07 Å². The molecule has 1 heterocycles. The topological polar surface area (TPSA) is 56.7 Å². The van der Waals surface area contributed by atoms with Crippen molar-refractivity contribution in [3.8, 4) is 5.69 Å². The van der Waals surface area contributed by atoms with Crippen LogP contribution in [0.15, 0.2) is 54.6 Å². The van der Waals surface area contributed by atoms with Crippen LogP contribution in [0.3, 0.4) is 0 Å². The molecule has 0 aliphatic rings. The predicted octanol–water partition coefficient (Wildman–Crippen LogP) is 2.65. The Balaban J connectivity index is 1.88. The SMILES string of the molecule is NCc1nnn(-c2ccc(F)cc2)c1CCc1ccccc1. The first-order valence-corrected chi connectivity index (χ1v) is 7.21. The van der Waals surface area contributed by atoms with Gasteiger partial charge in [0.05, 0.1) is 17.1 Å². The quantitative estimate of drug-likeness (QED) is 0.787. The maximum absolute atomic E-state index is 13.1. The number of hydrogen-bond donors (Lipinski definition) is 1. The highest BCUT2D eigenvalue weighted by Gasteiger charge is 2.13. The van der Waals surface area contributed by atoms with Crippen molar-refractivity contribution in [3.05, 3.63) is 77.4 Å². The van der Waals surface area contributed by atoms with Crippen LogP contribution < -0.4 is 5.73 Å². The van der Waals surface area contributed by atoms with Gasteiger partial charge in [0, 0.05) is 6.54 Å². The lowest BCUT2D eigenvalue weighted by molar-refractivity contribution is 0.626. The Kier molecular flexibility index (Phi) is 4.25. The molecule has 0 aliphatic heterocycles. The molecule has 112 valence electrons. The fourth-order valence-electron chi connectivity index (χ4n) is 2.44. The second-order valence-electron chi connectivity index (χ2n) is 5.06. The first-order chi connectivity index (χ1) is 10.8. The molecule has 2 aromatic carbocycles. The van der Waals surface area contributed by atoms with Gasteiger partial charge in [-0.2, -0.15) is 0 Å². The number of aryl methyl sites for hydroxylation is 1. The predicted molar refractivity (Wildman–Crippen MR) is 83.1 cm³/mol. The van der Waals surface area contributed by atoms with Gasteiger partial charge in [-0.05, 0) is 42.7 Å². The van der Waals surface area contributed by atoms with E-state index in [0.717, 1.165) is 29.9 Å². The van der Waals surface area contributed by atoms with Crippen molar-refractivity contribution in [3.63, 3.8) is 0 Å². The highest BCUT2D eigenvalue weighted by atomic mass is 19.1. The van der Waals surface area contributed by atoms with Gasteiger partial charge in [-0.1, -0.05) is 35.5 Å². The first-order valence-electron chi connectivity index (χ1n) is 7.21. The summed E-state index contributed by atoms with van der Waals surface area (Å²) in [6, 6.07) is 16.4. The van der Waals surface area contributed by atoms with E-state index in [4.69, 9.17) is 5.73 Å². The molecular weight excluding hydrogens is 279 g/mol.